The van der Waals surface area contributed by atoms with Crippen LogP contribution in [0, 0.1) is 0 Å². The molecule has 2 aromatic carbocycles. The number of aliphatic hydroxyl groups excluding tert-OH is 1. The smallest absolute Gasteiger partial charge is 0.274 e. The van der Waals surface area contributed by atoms with Gasteiger partial charge in [0, 0.05) is 36.0 Å². The van der Waals surface area contributed by atoms with Gasteiger partial charge in [-0.25, -0.2) is 9.67 Å². The molecule has 37 heavy (non-hydrogen) atoms. The van der Waals surface area contributed by atoms with Crippen molar-refractivity contribution in [1.29, 1.82) is 0 Å². The number of aliphatic imine (C=N–C) groups is 1. The van der Waals surface area contributed by atoms with Gasteiger partial charge in [0.15, 0.2) is 0 Å². The summed E-state index contributed by atoms with van der Waals surface area (Å²) in [4.78, 5) is 32.5. The number of amides is 1. The Labute approximate surface area is 215 Å². The summed E-state index contributed by atoms with van der Waals surface area (Å²) in [6.07, 6.45) is 5.48. The normalized spacial score (nSPS) is 13.0. The number of nitrogens with zero attached hydrogens (tertiary/aromatic N) is 4. The van der Waals surface area contributed by atoms with Crippen LogP contribution in [0.1, 0.15) is 38.7 Å². The molecule has 9 heteroatoms. The van der Waals surface area contributed by atoms with Crippen molar-refractivity contribution in [3.8, 4) is 16.9 Å². The third kappa shape index (κ3) is 5.41. The summed E-state index contributed by atoms with van der Waals surface area (Å²) >= 11 is 0. The van der Waals surface area contributed by atoms with E-state index in [9.17, 15) is 9.59 Å². The van der Waals surface area contributed by atoms with Crippen molar-refractivity contribution >= 4 is 34.3 Å². The zero-order valence-electron chi connectivity index (χ0n) is 21.5. The van der Waals surface area contributed by atoms with Crippen LogP contribution in [0.2, 0.25) is 0 Å². The molecule has 1 aromatic heterocycles. The number of aliphatic hydroxyl groups is 1. The zero-order chi connectivity index (χ0) is 26.5. The number of benzene rings is 2. The lowest BCUT2D eigenvalue weighted by Crippen LogP contribution is -2.34. The van der Waals surface area contributed by atoms with E-state index in [0.29, 0.717) is 52.3 Å². The van der Waals surface area contributed by atoms with Crippen LogP contribution in [-0.2, 0) is 11.3 Å². The Balaban J connectivity index is 1.79. The van der Waals surface area contributed by atoms with Gasteiger partial charge in [-0.05, 0) is 54.3 Å². The number of aromatic nitrogens is 2. The molecule has 0 spiro atoms. The number of carbonyl (C=O) groups is 1. The second-order valence-electron chi connectivity index (χ2n) is 9.05. The highest BCUT2D eigenvalue weighted by molar-refractivity contribution is 6.06. The van der Waals surface area contributed by atoms with Crippen LogP contribution in [0.25, 0.3) is 28.0 Å². The molecule has 0 aliphatic carbocycles. The molecular formula is C28H33N5O4. The van der Waals surface area contributed by atoms with Crippen molar-refractivity contribution in [2.45, 2.75) is 39.7 Å². The lowest BCUT2D eigenvalue weighted by molar-refractivity contribution is -0.127. The summed E-state index contributed by atoms with van der Waals surface area (Å²) in [5.41, 5.74) is 9.61. The largest absolute Gasteiger partial charge is 0.496 e. The molecule has 2 heterocycles. The fourth-order valence-corrected chi connectivity index (χ4v) is 4.62. The first-order chi connectivity index (χ1) is 17.9. The first kappa shape index (κ1) is 26.1. The van der Waals surface area contributed by atoms with E-state index in [-0.39, 0.29) is 31.0 Å². The minimum Gasteiger partial charge on any atom is -0.496 e. The van der Waals surface area contributed by atoms with Gasteiger partial charge in [0.25, 0.3) is 5.56 Å². The zero-order valence-corrected chi connectivity index (χ0v) is 21.5. The van der Waals surface area contributed by atoms with Crippen LogP contribution < -0.4 is 16.0 Å². The molecular weight excluding hydrogens is 470 g/mol. The topological polar surface area (TPSA) is 123 Å². The first-order valence-electron chi connectivity index (χ1n) is 12.6. The number of fused-ring (bicyclic) bond motifs is 2. The number of nitrogens with two attached hydrogens (primary N) is 1. The summed E-state index contributed by atoms with van der Waals surface area (Å²) in [5.74, 6) is 0.901. The molecule has 0 bridgehead atoms. The van der Waals surface area contributed by atoms with Gasteiger partial charge < -0.3 is 20.5 Å². The van der Waals surface area contributed by atoms with E-state index in [2.05, 4.69) is 23.9 Å². The fraction of sp³-hybridized carbons (Fsp3) is 0.357. The molecule has 3 aromatic rings. The number of rotatable bonds is 9. The lowest BCUT2D eigenvalue weighted by Gasteiger charge is -2.22. The molecule has 0 radical (unpaired) electrons. The van der Waals surface area contributed by atoms with Crippen LogP contribution in [0.3, 0.4) is 0 Å². The average Bonchev–Trinajstić information content (AvgIpc) is 3.07. The fourth-order valence-electron chi connectivity index (χ4n) is 4.62. The predicted molar refractivity (Wildman–Crippen MR) is 146 cm³/mol. The highest BCUT2D eigenvalue weighted by Crippen LogP contribution is 2.39. The van der Waals surface area contributed by atoms with Gasteiger partial charge >= 0.3 is 0 Å². The summed E-state index contributed by atoms with van der Waals surface area (Å²) in [7, 11) is 1.58. The van der Waals surface area contributed by atoms with Gasteiger partial charge in [0.05, 0.1) is 37.5 Å². The number of ether oxygens (including phenoxy) is 1. The van der Waals surface area contributed by atoms with E-state index in [1.54, 1.807) is 19.4 Å². The Morgan fingerprint density at radius 2 is 1.92 bits per heavy atom. The summed E-state index contributed by atoms with van der Waals surface area (Å²) in [6, 6.07) is 9.30. The van der Waals surface area contributed by atoms with Crippen molar-refractivity contribution in [2.75, 3.05) is 26.8 Å². The van der Waals surface area contributed by atoms with Crippen molar-refractivity contribution in [1.82, 2.24) is 14.7 Å². The third-order valence-corrected chi connectivity index (χ3v) is 6.34. The monoisotopic (exact) mass is 503 g/mol. The van der Waals surface area contributed by atoms with Gasteiger partial charge in [0.1, 0.15) is 11.6 Å². The molecule has 0 saturated carbocycles. The third-order valence-electron chi connectivity index (χ3n) is 6.34. The van der Waals surface area contributed by atoms with Crippen LogP contribution in [0.15, 0.2) is 51.9 Å². The molecule has 1 amide bonds. The highest BCUT2D eigenvalue weighted by atomic mass is 16.5. The molecule has 9 nitrogen and oxygen atoms in total. The SMILES string of the molecule is CCCN(CCC)C(=O)C1=Cc2c(cc(-c3ccc4c(=O)n(CCO)ncc4c3)cc2OC)N=C(N)C1. The maximum atomic E-state index is 13.4. The quantitative estimate of drug-likeness (QED) is 0.461. The molecule has 0 fully saturated rings. The second-order valence-corrected chi connectivity index (χ2v) is 9.05. The number of carbonyl (C=O) groups excluding carboxylic acids is 1. The molecule has 0 unspecified atom stereocenters. The predicted octanol–water partition coefficient (Wildman–Crippen LogP) is 3.49. The van der Waals surface area contributed by atoms with Gasteiger partial charge in [-0.2, -0.15) is 5.10 Å². The molecule has 0 saturated heterocycles. The van der Waals surface area contributed by atoms with E-state index < -0.39 is 0 Å². The van der Waals surface area contributed by atoms with Crippen molar-refractivity contribution in [3.05, 3.63) is 58.0 Å². The van der Waals surface area contributed by atoms with Crippen LogP contribution in [0.4, 0.5) is 5.69 Å². The standard InChI is InChI=1S/C28H33N5O4/c1-4-8-32(9-5-2)27(35)20-13-23-24(31-26(29)16-20)14-19(15-25(23)37-3)18-6-7-22-21(12-18)17-30-33(10-11-34)28(22)36/h6-7,12-15,17,34H,4-5,8-11,16H2,1-3H3,(H2,29,31). The molecule has 4 rings (SSSR count). The summed E-state index contributed by atoms with van der Waals surface area (Å²) in [6.45, 7) is 5.47. The van der Waals surface area contributed by atoms with E-state index in [1.165, 1.54) is 4.68 Å². The van der Waals surface area contributed by atoms with Crippen molar-refractivity contribution < 1.29 is 14.6 Å². The van der Waals surface area contributed by atoms with Crippen molar-refractivity contribution in [3.63, 3.8) is 0 Å². The van der Waals surface area contributed by atoms with E-state index in [1.807, 2.05) is 35.2 Å². The second kappa shape index (κ2) is 11.4. The van der Waals surface area contributed by atoms with E-state index >= 15 is 0 Å². The minimum atomic E-state index is -0.252. The van der Waals surface area contributed by atoms with Crippen LogP contribution in [0.5, 0.6) is 5.75 Å². The van der Waals surface area contributed by atoms with Gasteiger partial charge in [-0.3, -0.25) is 9.59 Å². The van der Waals surface area contributed by atoms with Crippen LogP contribution in [-0.4, -0.2) is 58.3 Å². The summed E-state index contributed by atoms with van der Waals surface area (Å²) in [5, 5.41) is 14.5. The number of hydrogen-bond donors (Lipinski definition) is 2. The number of hydrogen-bond acceptors (Lipinski definition) is 7. The van der Waals surface area contributed by atoms with Crippen LogP contribution >= 0.6 is 0 Å². The Morgan fingerprint density at radius 3 is 2.59 bits per heavy atom. The molecule has 1 aliphatic heterocycles. The van der Waals surface area contributed by atoms with Gasteiger partial charge in [-0.15, -0.1) is 0 Å². The Morgan fingerprint density at radius 1 is 1.16 bits per heavy atom. The van der Waals surface area contributed by atoms with Crippen molar-refractivity contribution in [2.24, 2.45) is 10.7 Å². The van der Waals surface area contributed by atoms with E-state index in [0.717, 1.165) is 24.0 Å². The Hall–Kier alpha value is -3.98. The van der Waals surface area contributed by atoms with Gasteiger partial charge in [-0.1, -0.05) is 19.9 Å². The maximum Gasteiger partial charge on any atom is 0.274 e. The maximum absolute atomic E-state index is 13.4. The Bertz CT molecular complexity index is 1430. The average molecular weight is 504 g/mol. The molecule has 3 N–H and O–H groups in total. The minimum absolute atomic E-state index is 0.0327. The Kier molecular flexibility index (Phi) is 8.03. The molecule has 194 valence electrons. The number of methoxy groups -OCH3 is 1. The lowest BCUT2D eigenvalue weighted by atomic mass is 9.98. The highest BCUT2D eigenvalue weighted by Gasteiger charge is 2.23. The molecule has 1 aliphatic rings. The van der Waals surface area contributed by atoms with E-state index in [4.69, 9.17) is 15.6 Å². The first-order valence-corrected chi connectivity index (χ1v) is 12.6. The van der Waals surface area contributed by atoms with Gasteiger partial charge in [0.2, 0.25) is 5.91 Å². The number of amidine groups is 1. The summed E-state index contributed by atoms with van der Waals surface area (Å²) < 4.78 is 6.98. The molecule has 0 atom stereocenters.